The van der Waals surface area contributed by atoms with Crippen molar-refractivity contribution in [3.05, 3.63) is 35.9 Å². The minimum Gasteiger partial charge on any atom is -0.390 e. The van der Waals surface area contributed by atoms with Crippen LogP contribution in [0.5, 0.6) is 0 Å². The lowest BCUT2D eigenvalue weighted by molar-refractivity contribution is 0.118. The van der Waals surface area contributed by atoms with E-state index in [2.05, 4.69) is 31.2 Å². The zero-order chi connectivity index (χ0) is 10.7. The maximum Gasteiger partial charge on any atom is 0.0680 e. The van der Waals surface area contributed by atoms with Crippen LogP contribution in [0, 0.1) is 5.92 Å². The van der Waals surface area contributed by atoms with Crippen LogP contribution in [0.15, 0.2) is 30.3 Å². The van der Waals surface area contributed by atoms with Gasteiger partial charge in [0.25, 0.3) is 0 Å². The maximum absolute atomic E-state index is 10.1. The molecule has 1 aliphatic carbocycles. The van der Waals surface area contributed by atoms with Crippen LogP contribution >= 0.6 is 0 Å². The standard InChI is InChI=1S/C14H20O/c1-2-13-11-14(13,15)10-6-9-12-7-4-3-5-8-12/h3-5,7-8,13,15H,2,6,9-11H2,1H3. The predicted octanol–water partition coefficient (Wildman–Crippen LogP) is 3.17. The Hall–Kier alpha value is -0.820. The molecule has 1 saturated carbocycles. The van der Waals surface area contributed by atoms with E-state index in [0.717, 1.165) is 32.1 Å². The maximum atomic E-state index is 10.1. The molecule has 1 aliphatic rings. The van der Waals surface area contributed by atoms with E-state index in [1.807, 2.05) is 6.07 Å². The molecular weight excluding hydrogens is 184 g/mol. The Kier molecular flexibility index (Phi) is 3.11. The molecule has 1 heteroatoms. The van der Waals surface area contributed by atoms with E-state index in [4.69, 9.17) is 0 Å². The Morgan fingerprint density at radius 3 is 2.67 bits per heavy atom. The lowest BCUT2D eigenvalue weighted by Gasteiger charge is -2.09. The van der Waals surface area contributed by atoms with E-state index in [9.17, 15) is 5.11 Å². The second-order valence-corrected chi connectivity index (χ2v) is 4.75. The van der Waals surface area contributed by atoms with E-state index in [-0.39, 0.29) is 5.60 Å². The van der Waals surface area contributed by atoms with Crippen LogP contribution in [0.4, 0.5) is 0 Å². The second kappa shape index (κ2) is 4.36. The van der Waals surface area contributed by atoms with Crippen LogP contribution in [0.1, 0.15) is 38.2 Å². The van der Waals surface area contributed by atoms with Crippen LogP contribution in [0.25, 0.3) is 0 Å². The highest BCUT2D eigenvalue weighted by Crippen LogP contribution is 2.48. The van der Waals surface area contributed by atoms with Gasteiger partial charge in [-0.3, -0.25) is 0 Å². The molecule has 0 radical (unpaired) electrons. The van der Waals surface area contributed by atoms with Crippen molar-refractivity contribution in [2.75, 3.05) is 0 Å². The molecule has 1 N–H and O–H groups in total. The van der Waals surface area contributed by atoms with Crippen molar-refractivity contribution >= 4 is 0 Å². The number of hydrogen-bond donors (Lipinski definition) is 1. The molecule has 0 amide bonds. The smallest absolute Gasteiger partial charge is 0.0680 e. The number of rotatable bonds is 5. The molecule has 0 saturated heterocycles. The summed E-state index contributed by atoms with van der Waals surface area (Å²) in [5.74, 6) is 0.577. The summed E-state index contributed by atoms with van der Waals surface area (Å²) < 4.78 is 0. The Bertz CT molecular complexity index is 306. The Balaban J connectivity index is 1.72. The molecule has 2 rings (SSSR count). The summed E-state index contributed by atoms with van der Waals surface area (Å²) in [5, 5.41) is 10.1. The van der Waals surface area contributed by atoms with E-state index < -0.39 is 0 Å². The average molecular weight is 204 g/mol. The molecule has 2 unspecified atom stereocenters. The summed E-state index contributed by atoms with van der Waals surface area (Å²) in [5.41, 5.74) is 1.08. The number of aliphatic hydroxyl groups is 1. The topological polar surface area (TPSA) is 20.2 Å². The molecular formula is C14H20O. The number of aryl methyl sites for hydroxylation is 1. The third kappa shape index (κ3) is 2.60. The summed E-state index contributed by atoms with van der Waals surface area (Å²) in [4.78, 5) is 0. The van der Waals surface area contributed by atoms with Gasteiger partial charge in [0.05, 0.1) is 5.60 Å². The summed E-state index contributed by atoms with van der Waals surface area (Å²) in [7, 11) is 0. The van der Waals surface area contributed by atoms with Crippen LogP contribution in [0.3, 0.4) is 0 Å². The lowest BCUT2D eigenvalue weighted by atomic mass is 10.0. The molecule has 1 nitrogen and oxygen atoms in total. The van der Waals surface area contributed by atoms with Gasteiger partial charge in [-0.2, -0.15) is 0 Å². The number of hydrogen-bond acceptors (Lipinski definition) is 1. The van der Waals surface area contributed by atoms with Gasteiger partial charge in [0.2, 0.25) is 0 Å². The largest absolute Gasteiger partial charge is 0.390 e. The van der Waals surface area contributed by atoms with E-state index in [1.165, 1.54) is 5.56 Å². The molecule has 15 heavy (non-hydrogen) atoms. The zero-order valence-corrected chi connectivity index (χ0v) is 9.45. The highest BCUT2D eigenvalue weighted by molar-refractivity contribution is 5.15. The normalized spacial score (nSPS) is 29.1. The van der Waals surface area contributed by atoms with Gasteiger partial charge in [0.15, 0.2) is 0 Å². The average Bonchev–Trinajstić information content (AvgIpc) is 2.91. The summed E-state index contributed by atoms with van der Waals surface area (Å²) >= 11 is 0. The van der Waals surface area contributed by atoms with Crippen molar-refractivity contribution in [2.45, 2.75) is 44.6 Å². The quantitative estimate of drug-likeness (QED) is 0.781. The first kappa shape index (κ1) is 10.7. The molecule has 1 aromatic rings. The molecule has 0 aliphatic heterocycles. The highest BCUT2D eigenvalue weighted by Gasteiger charge is 2.50. The molecule has 0 spiro atoms. The molecule has 1 aromatic carbocycles. The van der Waals surface area contributed by atoms with Crippen LogP contribution in [0.2, 0.25) is 0 Å². The SMILES string of the molecule is CCC1CC1(O)CCCc1ccccc1. The van der Waals surface area contributed by atoms with Crippen molar-refractivity contribution in [1.82, 2.24) is 0 Å². The molecule has 0 aromatic heterocycles. The summed E-state index contributed by atoms with van der Waals surface area (Å²) in [6.45, 7) is 2.17. The van der Waals surface area contributed by atoms with Crippen molar-refractivity contribution < 1.29 is 5.11 Å². The van der Waals surface area contributed by atoms with Gasteiger partial charge < -0.3 is 5.11 Å². The van der Waals surface area contributed by atoms with E-state index in [1.54, 1.807) is 0 Å². The third-order valence-corrected chi connectivity index (χ3v) is 3.61. The van der Waals surface area contributed by atoms with E-state index in [0.29, 0.717) is 5.92 Å². The van der Waals surface area contributed by atoms with E-state index >= 15 is 0 Å². The second-order valence-electron chi connectivity index (χ2n) is 4.75. The van der Waals surface area contributed by atoms with Gasteiger partial charge in [-0.1, -0.05) is 43.7 Å². The molecule has 1 fully saturated rings. The Morgan fingerprint density at radius 1 is 1.33 bits per heavy atom. The molecule has 82 valence electrons. The predicted molar refractivity (Wildman–Crippen MR) is 62.7 cm³/mol. The monoisotopic (exact) mass is 204 g/mol. The minimum absolute atomic E-state index is 0.302. The van der Waals surface area contributed by atoms with Crippen molar-refractivity contribution in [1.29, 1.82) is 0 Å². The molecule has 0 bridgehead atoms. The fourth-order valence-electron chi connectivity index (χ4n) is 2.44. The van der Waals surface area contributed by atoms with Gasteiger partial charge in [-0.25, -0.2) is 0 Å². The highest BCUT2D eigenvalue weighted by atomic mass is 16.3. The number of benzene rings is 1. The first-order valence-corrected chi connectivity index (χ1v) is 6.01. The Morgan fingerprint density at radius 2 is 2.07 bits per heavy atom. The summed E-state index contributed by atoms with van der Waals surface area (Å²) in [6, 6.07) is 10.5. The fourth-order valence-corrected chi connectivity index (χ4v) is 2.44. The third-order valence-electron chi connectivity index (χ3n) is 3.61. The van der Waals surface area contributed by atoms with Gasteiger partial charge in [0.1, 0.15) is 0 Å². The van der Waals surface area contributed by atoms with Gasteiger partial charge >= 0.3 is 0 Å². The van der Waals surface area contributed by atoms with Crippen molar-refractivity contribution in [3.8, 4) is 0 Å². The van der Waals surface area contributed by atoms with Crippen molar-refractivity contribution in [2.24, 2.45) is 5.92 Å². The molecule has 2 atom stereocenters. The lowest BCUT2D eigenvalue weighted by Crippen LogP contribution is -2.10. The molecule has 0 heterocycles. The zero-order valence-electron chi connectivity index (χ0n) is 9.45. The first-order valence-electron chi connectivity index (χ1n) is 6.01. The Labute approximate surface area is 92.1 Å². The van der Waals surface area contributed by atoms with Crippen LogP contribution in [-0.2, 0) is 6.42 Å². The van der Waals surface area contributed by atoms with Crippen LogP contribution in [-0.4, -0.2) is 10.7 Å². The van der Waals surface area contributed by atoms with Gasteiger partial charge in [-0.05, 0) is 37.2 Å². The van der Waals surface area contributed by atoms with Gasteiger partial charge in [-0.15, -0.1) is 0 Å². The van der Waals surface area contributed by atoms with Crippen LogP contribution < -0.4 is 0 Å². The van der Waals surface area contributed by atoms with Crippen molar-refractivity contribution in [3.63, 3.8) is 0 Å². The fraction of sp³-hybridized carbons (Fsp3) is 0.571. The van der Waals surface area contributed by atoms with Gasteiger partial charge in [0, 0.05) is 0 Å². The summed E-state index contributed by atoms with van der Waals surface area (Å²) in [6.07, 6.45) is 5.33. The first-order chi connectivity index (χ1) is 7.24. The minimum atomic E-state index is -0.302.